The first-order valence-corrected chi connectivity index (χ1v) is 6.03. The van der Waals surface area contributed by atoms with Gasteiger partial charge >= 0.3 is 0 Å². The number of amides is 1. The summed E-state index contributed by atoms with van der Waals surface area (Å²) in [6, 6.07) is 12.1. The Hall–Kier alpha value is -2.69. The Morgan fingerprint density at radius 2 is 1.75 bits per heavy atom. The van der Waals surface area contributed by atoms with Crippen LogP contribution in [0, 0.1) is 0 Å². The second-order valence-corrected chi connectivity index (χ2v) is 4.11. The number of rotatable bonds is 4. The fourth-order valence-electron chi connectivity index (χ4n) is 1.84. The molecule has 5 nitrogen and oxygen atoms in total. The molecule has 5 heteroatoms. The molecule has 0 aliphatic heterocycles. The minimum absolute atomic E-state index is 0.307. The number of hydrogen-bond acceptors (Lipinski definition) is 4. The van der Waals surface area contributed by atoms with Crippen molar-refractivity contribution >= 4 is 17.3 Å². The van der Waals surface area contributed by atoms with Crippen LogP contribution in [0.4, 0.5) is 11.4 Å². The second kappa shape index (κ2) is 5.97. The van der Waals surface area contributed by atoms with Gasteiger partial charge in [-0.25, -0.2) is 0 Å². The van der Waals surface area contributed by atoms with E-state index in [0.29, 0.717) is 28.4 Å². The maximum atomic E-state index is 12.3. The Morgan fingerprint density at radius 1 is 1.05 bits per heavy atom. The van der Waals surface area contributed by atoms with Gasteiger partial charge in [-0.05, 0) is 30.3 Å². The number of ether oxygens (including phenoxy) is 2. The third kappa shape index (κ3) is 2.83. The summed E-state index contributed by atoms with van der Waals surface area (Å²) in [6.07, 6.45) is 0. The van der Waals surface area contributed by atoms with Crippen LogP contribution >= 0.6 is 0 Å². The highest BCUT2D eigenvalue weighted by molar-refractivity contribution is 6.07. The van der Waals surface area contributed by atoms with Gasteiger partial charge in [-0.1, -0.05) is 12.1 Å². The summed E-state index contributed by atoms with van der Waals surface area (Å²) in [7, 11) is 3.05. The van der Waals surface area contributed by atoms with E-state index in [4.69, 9.17) is 15.2 Å². The molecule has 0 aliphatic carbocycles. The van der Waals surface area contributed by atoms with Crippen molar-refractivity contribution < 1.29 is 14.3 Å². The van der Waals surface area contributed by atoms with Gasteiger partial charge in [0.05, 0.1) is 25.5 Å². The van der Waals surface area contributed by atoms with Crippen molar-refractivity contribution in [3.8, 4) is 11.5 Å². The van der Waals surface area contributed by atoms with E-state index in [0.717, 1.165) is 0 Å². The molecule has 2 aromatic rings. The molecule has 104 valence electrons. The summed E-state index contributed by atoms with van der Waals surface area (Å²) in [6.45, 7) is 0. The highest BCUT2D eigenvalue weighted by atomic mass is 16.5. The third-order valence-corrected chi connectivity index (χ3v) is 2.82. The molecule has 0 atom stereocenters. The van der Waals surface area contributed by atoms with Crippen LogP contribution in [0.25, 0.3) is 0 Å². The highest BCUT2D eigenvalue weighted by Crippen LogP contribution is 2.26. The molecular formula is C15H16N2O3. The molecule has 0 radical (unpaired) electrons. The smallest absolute Gasteiger partial charge is 0.259 e. The zero-order chi connectivity index (χ0) is 14.5. The van der Waals surface area contributed by atoms with Crippen LogP contribution < -0.4 is 20.5 Å². The fourth-order valence-corrected chi connectivity index (χ4v) is 1.84. The van der Waals surface area contributed by atoms with Crippen LogP contribution in [-0.2, 0) is 0 Å². The van der Waals surface area contributed by atoms with E-state index >= 15 is 0 Å². The number of nitrogens with one attached hydrogen (secondary N) is 1. The summed E-state index contributed by atoms with van der Waals surface area (Å²) < 4.78 is 10.4. The Labute approximate surface area is 117 Å². The van der Waals surface area contributed by atoms with Crippen LogP contribution in [0.1, 0.15) is 10.4 Å². The third-order valence-electron chi connectivity index (χ3n) is 2.82. The van der Waals surface area contributed by atoms with Crippen molar-refractivity contribution in [3.63, 3.8) is 0 Å². The van der Waals surface area contributed by atoms with Gasteiger partial charge in [0.1, 0.15) is 11.5 Å². The van der Waals surface area contributed by atoms with Crippen molar-refractivity contribution in [1.29, 1.82) is 0 Å². The first-order valence-electron chi connectivity index (χ1n) is 6.03. The average Bonchev–Trinajstić information content (AvgIpc) is 2.47. The predicted octanol–water partition coefficient (Wildman–Crippen LogP) is 2.54. The number of nitrogen functional groups attached to an aromatic ring is 1. The van der Waals surface area contributed by atoms with Gasteiger partial charge in [0.25, 0.3) is 5.91 Å². The summed E-state index contributed by atoms with van der Waals surface area (Å²) >= 11 is 0. The van der Waals surface area contributed by atoms with Crippen LogP contribution in [0.2, 0.25) is 0 Å². The van der Waals surface area contributed by atoms with E-state index in [1.54, 1.807) is 37.4 Å². The Balaban J connectivity index is 2.30. The number of methoxy groups -OCH3 is 2. The summed E-state index contributed by atoms with van der Waals surface area (Å²) in [5, 5.41) is 2.78. The van der Waals surface area contributed by atoms with Crippen LogP contribution in [0.5, 0.6) is 11.5 Å². The molecule has 0 aromatic heterocycles. The molecule has 20 heavy (non-hydrogen) atoms. The van der Waals surface area contributed by atoms with Gasteiger partial charge in [0.2, 0.25) is 0 Å². The first-order chi connectivity index (χ1) is 9.65. The number of nitrogens with two attached hydrogens (primary N) is 1. The lowest BCUT2D eigenvalue weighted by Gasteiger charge is -2.12. The lowest BCUT2D eigenvalue weighted by atomic mass is 10.1. The molecule has 0 saturated heterocycles. The number of carbonyl (C=O) groups is 1. The minimum Gasteiger partial charge on any atom is -0.496 e. The number of carbonyl (C=O) groups excluding carboxylic acids is 1. The van der Waals surface area contributed by atoms with E-state index in [1.165, 1.54) is 7.11 Å². The topological polar surface area (TPSA) is 73.6 Å². The largest absolute Gasteiger partial charge is 0.496 e. The Morgan fingerprint density at radius 3 is 2.45 bits per heavy atom. The maximum Gasteiger partial charge on any atom is 0.259 e. The molecule has 2 rings (SSSR count). The number of para-hydroxylation sites is 2. The molecular weight excluding hydrogens is 256 g/mol. The van der Waals surface area contributed by atoms with E-state index in [9.17, 15) is 4.79 Å². The van der Waals surface area contributed by atoms with Crippen molar-refractivity contribution in [3.05, 3.63) is 48.0 Å². The Kier molecular flexibility index (Phi) is 4.10. The van der Waals surface area contributed by atoms with E-state index in [1.807, 2.05) is 12.1 Å². The highest BCUT2D eigenvalue weighted by Gasteiger charge is 2.14. The van der Waals surface area contributed by atoms with Crippen molar-refractivity contribution in [1.82, 2.24) is 0 Å². The molecule has 0 aliphatic rings. The zero-order valence-corrected chi connectivity index (χ0v) is 11.3. The van der Waals surface area contributed by atoms with Crippen molar-refractivity contribution in [2.45, 2.75) is 0 Å². The van der Waals surface area contributed by atoms with Gasteiger partial charge in [-0.3, -0.25) is 4.79 Å². The first kappa shape index (κ1) is 13.7. The van der Waals surface area contributed by atoms with Gasteiger partial charge < -0.3 is 20.5 Å². The molecule has 0 bridgehead atoms. The quantitative estimate of drug-likeness (QED) is 0.839. The van der Waals surface area contributed by atoms with Crippen LogP contribution in [0.3, 0.4) is 0 Å². The monoisotopic (exact) mass is 272 g/mol. The molecule has 1 amide bonds. The SMILES string of the molecule is COc1ccccc1NC(=O)c1cc(N)ccc1OC. The summed E-state index contributed by atoms with van der Waals surface area (Å²) in [4.78, 5) is 12.3. The second-order valence-electron chi connectivity index (χ2n) is 4.11. The van der Waals surface area contributed by atoms with E-state index in [-0.39, 0.29) is 5.91 Å². The standard InChI is InChI=1S/C15H16N2O3/c1-19-13-8-7-10(16)9-11(13)15(18)17-12-5-3-4-6-14(12)20-2/h3-9H,16H2,1-2H3,(H,17,18). The van der Waals surface area contributed by atoms with E-state index in [2.05, 4.69) is 5.32 Å². The van der Waals surface area contributed by atoms with Gasteiger partial charge in [0.15, 0.2) is 0 Å². The van der Waals surface area contributed by atoms with Crippen molar-refractivity contribution in [2.75, 3.05) is 25.3 Å². The predicted molar refractivity (Wildman–Crippen MR) is 78.4 cm³/mol. The van der Waals surface area contributed by atoms with Gasteiger partial charge in [-0.2, -0.15) is 0 Å². The molecule has 0 fully saturated rings. The van der Waals surface area contributed by atoms with Crippen molar-refractivity contribution in [2.24, 2.45) is 0 Å². The lowest BCUT2D eigenvalue weighted by molar-refractivity contribution is 0.102. The van der Waals surface area contributed by atoms with E-state index < -0.39 is 0 Å². The summed E-state index contributed by atoms with van der Waals surface area (Å²) in [5.74, 6) is 0.744. The van der Waals surface area contributed by atoms with Gasteiger partial charge in [0, 0.05) is 5.69 Å². The molecule has 0 spiro atoms. The lowest BCUT2D eigenvalue weighted by Crippen LogP contribution is -2.14. The molecule has 2 aromatic carbocycles. The summed E-state index contributed by atoms with van der Waals surface area (Å²) in [5.41, 5.74) is 7.17. The molecule has 0 heterocycles. The fraction of sp³-hybridized carbons (Fsp3) is 0.133. The minimum atomic E-state index is -0.307. The molecule has 3 N–H and O–H groups in total. The normalized spacial score (nSPS) is 9.90. The molecule has 0 saturated carbocycles. The van der Waals surface area contributed by atoms with Crippen LogP contribution in [0.15, 0.2) is 42.5 Å². The number of anilines is 2. The number of hydrogen-bond donors (Lipinski definition) is 2. The zero-order valence-electron chi connectivity index (χ0n) is 11.3. The number of benzene rings is 2. The van der Waals surface area contributed by atoms with Gasteiger partial charge in [-0.15, -0.1) is 0 Å². The molecule has 0 unspecified atom stereocenters. The average molecular weight is 272 g/mol. The maximum absolute atomic E-state index is 12.3. The van der Waals surface area contributed by atoms with Crippen LogP contribution in [-0.4, -0.2) is 20.1 Å². The Bertz CT molecular complexity index is 626.